The zero-order valence-corrected chi connectivity index (χ0v) is 13.6. The van der Waals surface area contributed by atoms with Crippen LogP contribution in [-0.4, -0.2) is 11.7 Å². The zero-order chi connectivity index (χ0) is 15.8. The van der Waals surface area contributed by atoms with Crippen LogP contribution in [0.5, 0.6) is 0 Å². The Labute approximate surface area is 129 Å². The predicted octanol–water partition coefficient (Wildman–Crippen LogP) is 4.21. The van der Waals surface area contributed by atoms with E-state index in [1.807, 2.05) is 38.1 Å². The summed E-state index contributed by atoms with van der Waals surface area (Å²) in [5.41, 5.74) is 1.75. The lowest BCUT2D eigenvalue weighted by Crippen LogP contribution is -2.22. The molecule has 118 valence electrons. The molecule has 0 fully saturated rings. The minimum absolute atomic E-state index is 0. The molecular formula is C18H29NO2. The Morgan fingerprint density at radius 1 is 1.10 bits per heavy atom. The third-order valence-corrected chi connectivity index (χ3v) is 3.44. The molecule has 0 aromatic heterocycles. The van der Waals surface area contributed by atoms with E-state index in [0.29, 0.717) is 18.9 Å². The van der Waals surface area contributed by atoms with E-state index in [0.717, 1.165) is 24.0 Å². The molecule has 0 aliphatic heterocycles. The second kappa shape index (κ2) is 8.60. The number of Topliss-reactive ketones (excluding diaryl/α,β-unsaturated/α-hetero) is 1. The van der Waals surface area contributed by atoms with Crippen LogP contribution in [0.3, 0.4) is 0 Å². The molecule has 3 nitrogen and oxygen atoms in total. The first kappa shape index (κ1) is 17.4. The molecule has 0 heterocycles. The van der Waals surface area contributed by atoms with E-state index >= 15 is 0 Å². The quantitative estimate of drug-likeness (QED) is 0.729. The lowest BCUT2D eigenvalue weighted by Gasteiger charge is -2.08. The molecule has 3 heteroatoms. The average Bonchev–Trinajstić information content (AvgIpc) is 2.44. The Morgan fingerprint density at radius 2 is 1.71 bits per heavy atom. The van der Waals surface area contributed by atoms with E-state index in [1.165, 1.54) is 0 Å². The number of nitrogens with one attached hydrogen (secondary N) is 1. The van der Waals surface area contributed by atoms with E-state index < -0.39 is 0 Å². The second-order valence-corrected chi connectivity index (χ2v) is 6.28. The molecule has 0 aliphatic rings. The van der Waals surface area contributed by atoms with Crippen LogP contribution < -0.4 is 5.32 Å². The molecule has 0 aliphatic carbocycles. The van der Waals surface area contributed by atoms with Crippen LogP contribution in [0.25, 0.3) is 0 Å². The van der Waals surface area contributed by atoms with Crippen molar-refractivity contribution in [3.05, 3.63) is 35.4 Å². The maximum absolute atomic E-state index is 11.8. The van der Waals surface area contributed by atoms with Crippen molar-refractivity contribution in [2.45, 2.75) is 53.5 Å². The fourth-order valence-electron chi connectivity index (χ4n) is 2.08. The van der Waals surface area contributed by atoms with Crippen LogP contribution in [-0.2, 0) is 11.3 Å². The molecule has 1 rings (SSSR count). The standard InChI is InChI=1S/C18H27NO2.H2/c1-13(2)6-5-7-17(20)19-12-15-8-10-16(11-9-15)18(21)14(3)4;/h8-11,13-14H,5-7,12H2,1-4H3,(H,19,20);1H. The molecule has 0 unspecified atom stereocenters. The zero-order valence-electron chi connectivity index (χ0n) is 13.6. The number of hydrogen-bond acceptors (Lipinski definition) is 2. The van der Waals surface area contributed by atoms with Crippen molar-refractivity contribution >= 4 is 11.7 Å². The molecule has 1 N–H and O–H groups in total. The van der Waals surface area contributed by atoms with Crippen molar-refractivity contribution in [3.63, 3.8) is 0 Å². The maximum Gasteiger partial charge on any atom is 0.220 e. The van der Waals surface area contributed by atoms with Crippen molar-refractivity contribution < 1.29 is 11.0 Å². The summed E-state index contributed by atoms with van der Waals surface area (Å²) in [6.07, 6.45) is 2.60. The van der Waals surface area contributed by atoms with Crippen molar-refractivity contribution in [1.29, 1.82) is 0 Å². The number of ketones is 1. The second-order valence-electron chi connectivity index (χ2n) is 6.28. The van der Waals surface area contributed by atoms with Gasteiger partial charge in [-0.05, 0) is 17.9 Å². The number of rotatable bonds is 8. The highest BCUT2D eigenvalue weighted by molar-refractivity contribution is 5.97. The van der Waals surface area contributed by atoms with E-state index in [9.17, 15) is 9.59 Å². The highest BCUT2D eigenvalue weighted by Crippen LogP contribution is 2.10. The van der Waals surface area contributed by atoms with Crippen LogP contribution in [0, 0.1) is 11.8 Å². The molecule has 0 atom stereocenters. The number of carbonyl (C=O) groups is 2. The van der Waals surface area contributed by atoms with Crippen LogP contribution in [0.4, 0.5) is 0 Å². The monoisotopic (exact) mass is 291 g/mol. The van der Waals surface area contributed by atoms with E-state index in [2.05, 4.69) is 19.2 Å². The molecule has 0 radical (unpaired) electrons. The van der Waals surface area contributed by atoms with Crippen LogP contribution in [0.2, 0.25) is 0 Å². The van der Waals surface area contributed by atoms with E-state index in [4.69, 9.17) is 0 Å². The molecule has 1 aromatic carbocycles. The van der Waals surface area contributed by atoms with Gasteiger partial charge >= 0.3 is 0 Å². The van der Waals surface area contributed by atoms with Gasteiger partial charge in [-0.15, -0.1) is 0 Å². The Balaban J connectivity index is 0.00000441. The summed E-state index contributed by atoms with van der Waals surface area (Å²) >= 11 is 0. The van der Waals surface area contributed by atoms with E-state index in [1.54, 1.807) is 0 Å². The molecule has 1 aromatic rings. The number of hydrogen-bond donors (Lipinski definition) is 1. The highest BCUT2D eigenvalue weighted by atomic mass is 16.1. The topological polar surface area (TPSA) is 46.2 Å². The molecule has 0 spiro atoms. The Kier molecular flexibility index (Phi) is 7.13. The fourth-order valence-corrected chi connectivity index (χ4v) is 2.08. The lowest BCUT2D eigenvalue weighted by atomic mass is 10.00. The summed E-state index contributed by atoms with van der Waals surface area (Å²) in [5.74, 6) is 0.901. The minimum Gasteiger partial charge on any atom is -0.352 e. The first-order valence-electron chi connectivity index (χ1n) is 7.80. The highest BCUT2D eigenvalue weighted by Gasteiger charge is 2.10. The largest absolute Gasteiger partial charge is 0.352 e. The molecule has 1 amide bonds. The summed E-state index contributed by atoms with van der Waals surface area (Å²) in [6.45, 7) is 8.65. The van der Waals surface area contributed by atoms with Gasteiger partial charge in [0.25, 0.3) is 0 Å². The Hall–Kier alpha value is -1.64. The first-order valence-corrected chi connectivity index (χ1v) is 7.80. The molecule has 0 saturated carbocycles. The van der Waals surface area contributed by atoms with Gasteiger partial charge < -0.3 is 5.32 Å². The number of amides is 1. The molecule has 0 saturated heterocycles. The third-order valence-electron chi connectivity index (χ3n) is 3.44. The number of carbonyl (C=O) groups excluding carboxylic acids is 2. The van der Waals surface area contributed by atoms with E-state index in [-0.39, 0.29) is 19.0 Å². The maximum atomic E-state index is 11.8. The smallest absolute Gasteiger partial charge is 0.220 e. The van der Waals surface area contributed by atoms with Gasteiger partial charge in [-0.2, -0.15) is 0 Å². The van der Waals surface area contributed by atoms with Gasteiger partial charge in [0.2, 0.25) is 5.91 Å². The summed E-state index contributed by atoms with van der Waals surface area (Å²) in [4.78, 5) is 23.5. The van der Waals surface area contributed by atoms with Crippen molar-refractivity contribution in [1.82, 2.24) is 5.32 Å². The van der Waals surface area contributed by atoms with Gasteiger partial charge in [0.05, 0.1) is 0 Å². The SMILES string of the molecule is CC(C)CCCC(=O)NCc1ccc(C(=O)C(C)C)cc1.[HH]. The van der Waals surface area contributed by atoms with Crippen molar-refractivity contribution in [3.8, 4) is 0 Å². The van der Waals surface area contributed by atoms with Gasteiger partial charge in [0.15, 0.2) is 5.78 Å². The number of benzene rings is 1. The average molecular weight is 291 g/mol. The normalized spacial score (nSPS) is 11.0. The van der Waals surface area contributed by atoms with Crippen LogP contribution >= 0.6 is 0 Å². The van der Waals surface area contributed by atoms with Gasteiger partial charge in [0.1, 0.15) is 0 Å². The van der Waals surface area contributed by atoms with Gasteiger partial charge in [-0.25, -0.2) is 0 Å². The Bertz CT molecular complexity index is 466. The third kappa shape index (κ3) is 6.56. The predicted molar refractivity (Wildman–Crippen MR) is 88.3 cm³/mol. The summed E-state index contributed by atoms with van der Waals surface area (Å²) in [7, 11) is 0. The molecule has 21 heavy (non-hydrogen) atoms. The van der Waals surface area contributed by atoms with Gasteiger partial charge in [-0.3, -0.25) is 9.59 Å². The van der Waals surface area contributed by atoms with Crippen molar-refractivity contribution in [2.75, 3.05) is 0 Å². The molecular weight excluding hydrogens is 262 g/mol. The Morgan fingerprint density at radius 3 is 2.24 bits per heavy atom. The van der Waals surface area contributed by atoms with Crippen molar-refractivity contribution in [2.24, 2.45) is 11.8 Å². The van der Waals surface area contributed by atoms with Crippen LogP contribution in [0.1, 0.15) is 64.3 Å². The summed E-state index contributed by atoms with van der Waals surface area (Å²) in [6, 6.07) is 7.49. The summed E-state index contributed by atoms with van der Waals surface area (Å²) in [5, 5.41) is 2.92. The first-order chi connectivity index (χ1) is 9.90. The summed E-state index contributed by atoms with van der Waals surface area (Å²) < 4.78 is 0. The lowest BCUT2D eigenvalue weighted by molar-refractivity contribution is -0.121. The van der Waals surface area contributed by atoms with Gasteiger partial charge in [0, 0.05) is 25.9 Å². The minimum atomic E-state index is 0. The fraction of sp³-hybridized carbons (Fsp3) is 0.556. The van der Waals surface area contributed by atoms with Gasteiger partial charge in [-0.1, -0.05) is 58.4 Å². The molecule has 0 bridgehead atoms. The van der Waals surface area contributed by atoms with Crippen LogP contribution in [0.15, 0.2) is 24.3 Å².